The summed E-state index contributed by atoms with van der Waals surface area (Å²) in [6.45, 7) is 0. The number of nitrogens with zero attached hydrogens (tertiary/aromatic N) is 3. The van der Waals surface area contributed by atoms with E-state index in [9.17, 15) is 19.7 Å². The number of rotatable bonds is 4. The lowest BCUT2D eigenvalue weighted by Gasteiger charge is -2.08. The van der Waals surface area contributed by atoms with Crippen molar-refractivity contribution in [2.45, 2.75) is 0 Å². The van der Waals surface area contributed by atoms with Gasteiger partial charge in [-0.05, 0) is 36.4 Å². The van der Waals surface area contributed by atoms with Crippen molar-refractivity contribution in [1.82, 2.24) is 4.98 Å². The lowest BCUT2D eigenvalue weighted by Crippen LogP contribution is -2.29. The molecule has 0 aliphatic carbocycles. The van der Waals surface area contributed by atoms with Crippen LogP contribution in [-0.2, 0) is 0 Å². The third-order valence-corrected chi connectivity index (χ3v) is 5.62. The predicted molar refractivity (Wildman–Crippen MR) is 110 cm³/mol. The van der Waals surface area contributed by atoms with E-state index in [0.717, 1.165) is 9.60 Å². The van der Waals surface area contributed by atoms with Gasteiger partial charge in [0.25, 0.3) is 17.5 Å². The van der Waals surface area contributed by atoms with Gasteiger partial charge in [-0.3, -0.25) is 19.7 Å². The molecule has 0 atom stereocenters. The molecule has 0 fully saturated rings. The largest absolute Gasteiger partial charge is 0.457 e. The van der Waals surface area contributed by atoms with E-state index in [-0.39, 0.29) is 22.6 Å². The summed E-state index contributed by atoms with van der Waals surface area (Å²) >= 11 is 1.26. The molecule has 0 N–H and O–H groups in total. The maximum absolute atomic E-state index is 13.0. The molecule has 4 aromatic rings. The number of carbonyl (C=O) groups excluding carboxylic acids is 2. The topological polar surface area (TPSA) is 103 Å². The molecule has 1 aliphatic heterocycles. The summed E-state index contributed by atoms with van der Waals surface area (Å²) in [4.78, 5) is 41.7. The third-order valence-electron chi connectivity index (χ3n) is 4.60. The number of nitro groups is 1. The van der Waals surface area contributed by atoms with Crippen LogP contribution in [0.5, 0.6) is 11.5 Å². The molecule has 0 unspecified atom stereocenters. The fourth-order valence-corrected chi connectivity index (χ4v) is 4.17. The van der Waals surface area contributed by atoms with Gasteiger partial charge in [-0.25, -0.2) is 9.88 Å². The Morgan fingerprint density at radius 1 is 0.900 bits per heavy atom. The van der Waals surface area contributed by atoms with Crippen LogP contribution >= 0.6 is 11.3 Å². The third kappa shape index (κ3) is 2.88. The fraction of sp³-hybridized carbons (Fsp3) is 0. The number of non-ortho nitro benzene ring substituents is 1. The molecule has 9 heteroatoms. The Balaban J connectivity index is 1.47. The molecule has 0 saturated carbocycles. The minimum Gasteiger partial charge on any atom is -0.457 e. The van der Waals surface area contributed by atoms with Crippen LogP contribution in [0, 0.1) is 10.1 Å². The molecule has 3 aromatic carbocycles. The van der Waals surface area contributed by atoms with Crippen LogP contribution in [0.25, 0.3) is 10.2 Å². The van der Waals surface area contributed by atoms with Gasteiger partial charge in [0.2, 0.25) is 5.13 Å². The number of hydrogen-bond donors (Lipinski definition) is 0. The van der Waals surface area contributed by atoms with Gasteiger partial charge in [0.05, 0.1) is 32.3 Å². The Bertz CT molecular complexity index is 1330. The van der Waals surface area contributed by atoms with Crippen molar-refractivity contribution in [2.75, 3.05) is 4.90 Å². The van der Waals surface area contributed by atoms with Crippen LogP contribution in [0.2, 0.25) is 0 Å². The number of benzene rings is 3. The van der Waals surface area contributed by atoms with E-state index in [1.54, 1.807) is 12.1 Å². The monoisotopic (exact) mass is 417 g/mol. The number of imide groups is 1. The van der Waals surface area contributed by atoms with Crippen molar-refractivity contribution in [1.29, 1.82) is 0 Å². The molecule has 0 spiro atoms. The van der Waals surface area contributed by atoms with Crippen molar-refractivity contribution in [3.63, 3.8) is 0 Å². The Hall–Kier alpha value is -4.11. The first kappa shape index (κ1) is 18.0. The summed E-state index contributed by atoms with van der Waals surface area (Å²) in [7, 11) is 0. The fourth-order valence-electron chi connectivity index (χ4n) is 3.21. The summed E-state index contributed by atoms with van der Waals surface area (Å²) in [6, 6.07) is 17.6. The highest BCUT2D eigenvalue weighted by molar-refractivity contribution is 7.22. The van der Waals surface area contributed by atoms with Crippen molar-refractivity contribution < 1.29 is 19.2 Å². The number of ether oxygens (including phenoxy) is 1. The minimum absolute atomic E-state index is 0.109. The molecule has 1 aromatic heterocycles. The van der Waals surface area contributed by atoms with E-state index in [1.807, 2.05) is 24.3 Å². The van der Waals surface area contributed by atoms with E-state index in [2.05, 4.69) is 4.98 Å². The Kier molecular flexibility index (Phi) is 4.04. The summed E-state index contributed by atoms with van der Waals surface area (Å²) in [5.41, 5.74) is 1.05. The summed E-state index contributed by atoms with van der Waals surface area (Å²) in [5, 5.41) is 11.2. The van der Waals surface area contributed by atoms with Gasteiger partial charge in [-0.15, -0.1) is 0 Å². The molecule has 146 valence electrons. The molecule has 1 aliphatic rings. The normalized spacial score (nSPS) is 13.0. The second-order valence-corrected chi connectivity index (χ2v) is 7.48. The average molecular weight is 417 g/mol. The number of anilines is 1. The Labute approximate surface area is 173 Å². The van der Waals surface area contributed by atoms with Gasteiger partial charge < -0.3 is 4.74 Å². The molecular formula is C21H11N3O5S. The number of aromatic nitrogens is 1. The lowest BCUT2D eigenvalue weighted by molar-refractivity contribution is -0.384. The first-order valence-corrected chi connectivity index (χ1v) is 9.63. The van der Waals surface area contributed by atoms with Crippen molar-refractivity contribution >= 4 is 44.2 Å². The van der Waals surface area contributed by atoms with Gasteiger partial charge in [0, 0.05) is 6.07 Å². The number of para-hydroxylation sites is 1. The molecule has 8 nitrogen and oxygen atoms in total. The maximum atomic E-state index is 13.0. The number of amides is 2. The smallest absolute Gasteiger partial charge is 0.273 e. The van der Waals surface area contributed by atoms with Gasteiger partial charge in [-0.2, -0.15) is 0 Å². The Morgan fingerprint density at radius 2 is 1.67 bits per heavy atom. The highest BCUT2D eigenvalue weighted by atomic mass is 32.1. The summed E-state index contributed by atoms with van der Waals surface area (Å²) in [6.07, 6.45) is 0. The molecule has 0 saturated heterocycles. The van der Waals surface area contributed by atoms with Crippen molar-refractivity contribution in [3.05, 3.63) is 88.0 Å². The first-order chi connectivity index (χ1) is 14.5. The zero-order valence-electron chi connectivity index (χ0n) is 15.1. The van der Waals surface area contributed by atoms with Crippen molar-refractivity contribution in [3.8, 4) is 11.5 Å². The number of fused-ring (bicyclic) bond motifs is 2. The minimum atomic E-state index is -0.520. The van der Waals surface area contributed by atoms with Gasteiger partial charge in [0.1, 0.15) is 11.5 Å². The van der Waals surface area contributed by atoms with E-state index >= 15 is 0 Å². The highest BCUT2D eigenvalue weighted by Crippen LogP contribution is 2.36. The molecule has 30 heavy (non-hydrogen) atoms. The quantitative estimate of drug-likeness (QED) is 0.269. The molecule has 0 radical (unpaired) electrons. The van der Waals surface area contributed by atoms with Gasteiger partial charge >= 0.3 is 0 Å². The molecular weight excluding hydrogens is 406 g/mol. The molecule has 2 amide bonds. The first-order valence-electron chi connectivity index (χ1n) is 8.82. The number of hydrogen-bond acceptors (Lipinski definition) is 7. The predicted octanol–water partition coefficient (Wildman–Crippen LogP) is 4.80. The summed E-state index contributed by atoms with van der Waals surface area (Å²) in [5.74, 6) is -0.389. The highest BCUT2D eigenvalue weighted by Gasteiger charge is 2.38. The Morgan fingerprint density at radius 3 is 2.47 bits per heavy atom. The second kappa shape index (κ2) is 6.75. The van der Waals surface area contributed by atoms with Crippen LogP contribution in [0.1, 0.15) is 20.7 Å². The SMILES string of the molecule is O=C1c2ccc(Oc3cccc([N+](=O)[O-])c3)cc2C(=O)N1c1nc2ccccc2s1. The van der Waals surface area contributed by atoms with E-state index in [4.69, 9.17) is 4.74 Å². The number of thiazole rings is 1. The van der Waals surface area contributed by atoms with Crippen molar-refractivity contribution in [2.24, 2.45) is 0 Å². The molecule has 5 rings (SSSR count). The van der Waals surface area contributed by atoms with Gasteiger partial charge in [-0.1, -0.05) is 29.5 Å². The second-order valence-electron chi connectivity index (χ2n) is 6.47. The van der Waals surface area contributed by atoms with Crippen LogP contribution in [-0.4, -0.2) is 21.7 Å². The van der Waals surface area contributed by atoms with E-state index in [1.165, 1.54) is 41.7 Å². The van der Waals surface area contributed by atoms with Crippen LogP contribution < -0.4 is 9.64 Å². The molecule has 0 bridgehead atoms. The maximum Gasteiger partial charge on any atom is 0.273 e. The molecule has 2 heterocycles. The van der Waals surface area contributed by atoms with Crippen LogP contribution in [0.4, 0.5) is 10.8 Å². The average Bonchev–Trinajstić information content (AvgIpc) is 3.27. The zero-order chi connectivity index (χ0) is 20.8. The van der Waals surface area contributed by atoms with Gasteiger partial charge in [0.15, 0.2) is 0 Å². The van der Waals surface area contributed by atoms with E-state index in [0.29, 0.717) is 16.4 Å². The van der Waals surface area contributed by atoms with Crippen LogP contribution in [0.3, 0.4) is 0 Å². The summed E-state index contributed by atoms with van der Waals surface area (Å²) < 4.78 is 6.54. The number of carbonyl (C=O) groups is 2. The van der Waals surface area contributed by atoms with E-state index < -0.39 is 16.7 Å². The standard InChI is InChI=1S/C21H11N3O5S/c25-19-15-9-8-14(29-13-5-3-4-12(10-13)24(27)28)11-16(15)20(26)23(19)21-22-17-6-1-2-7-18(17)30-21/h1-11H. The van der Waals surface area contributed by atoms with Crippen LogP contribution in [0.15, 0.2) is 66.7 Å². The zero-order valence-corrected chi connectivity index (χ0v) is 16.0. The number of nitro benzene ring substituents is 1. The lowest BCUT2D eigenvalue weighted by atomic mass is 10.1.